The fourth-order valence-electron chi connectivity index (χ4n) is 4.47. The predicted octanol–water partition coefficient (Wildman–Crippen LogP) is 3.96. The van der Waals surface area contributed by atoms with Gasteiger partial charge in [0, 0.05) is 5.92 Å². The zero-order valence-corrected chi connectivity index (χ0v) is 13.1. The minimum absolute atomic E-state index is 0.134. The first kappa shape index (κ1) is 14.7. The van der Waals surface area contributed by atoms with Gasteiger partial charge in [-0.15, -0.1) is 0 Å². The lowest BCUT2D eigenvalue weighted by atomic mass is 9.83. The van der Waals surface area contributed by atoms with Crippen LogP contribution in [0.1, 0.15) is 36.5 Å². The number of allylic oxidation sites excluding steroid dienone is 1. The molecule has 0 radical (unpaired) electrons. The molecule has 2 N–H and O–H groups in total. The van der Waals surface area contributed by atoms with Gasteiger partial charge in [-0.2, -0.15) is 0 Å². The highest BCUT2D eigenvalue weighted by molar-refractivity contribution is 5.75. The average Bonchev–Trinajstić information content (AvgIpc) is 3.15. The molecule has 0 heterocycles. The largest absolute Gasteiger partial charge is 0.388 e. The molecule has 2 aromatic rings. The Balaban J connectivity index is 1.72. The second-order valence-electron chi connectivity index (χ2n) is 6.68. The summed E-state index contributed by atoms with van der Waals surface area (Å²) < 4.78 is 0. The van der Waals surface area contributed by atoms with Crippen molar-refractivity contribution in [2.24, 2.45) is 11.8 Å². The van der Waals surface area contributed by atoms with Crippen LogP contribution in [0.4, 0.5) is 0 Å². The van der Waals surface area contributed by atoms with E-state index in [9.17, 15) is 10.2 Å². The van der Waals surface area contributed by atoms with Crippen LogP contribution in [0, 0.1) is 11.8 Å². The van der Waals surface area contributed by atoms with Crippen molar-refractivity contribution in [3.8, 4) is 0 Å². The van der Waals surface area contributed by atoms with Crippen molar-refractivity contribution in [2.45, 2.75) is 31.5 Å². The summed E-state index contributed by atoms with van der Waals surface area (Å²) in [6.07, 6.45) is 2.06. The third kappa shape index (κ3) is 2.43. The number of aliphatic hydroxyl groups excluding tert-OH is 2. The second-order valence-corrected chi connectivity index (χ2v) is 6.68. The lowest BCUT2D eigenvalue weighted by Crippen LogP contribution is -2.28. The minimum Gasteiger partial charge on any atom is -0.388 e. The molecule has 118 valence electrons. The summed E-state index contributed by atoms with van der Waals surface area (Å²) in [6.45, 7) is 0. The van der Waals surface area contributed by atoms with Gasteiger partial charge >= 0.3 is 0 Å². The topological polar surface area (TPSA) is 40.5 Å². The Kier molecular flexibility index (Phi) is 3.80. The molecule has 2 nitrogen and oxygen atoms in total. The molecule has 2 heteroatoms. The fourth-order valence-corrected chi connectivity index (χ4v) is 4.47. The van der Waals surface area contributed by atoms with E-state index >= 15 is 0 Å². The van der Waals surface area contributed by atoms with Crippen LogP contribution in [0.3, 0.4) is 0 Å². The Morgan fingerprint density at radius 3 is 2.26 bits per heavy atom. The van der Waals surface area contributed by atoms with Gasteiger partial charge in [0.05, 0.1) is 12.2 Å². The molecule has 0 amide bonds. The molecule has 4 rings (SSSR count). The maximum atomic E-state index is 11.0. The van der Waals surface area contributed by atoms with Crippen molar-refractivity contribution in [1.82, 2.24) is 0 Å². The first-order chi connectivity index (χ1) is 11.3. The highest BCUT2D eigenvalue weighted by Crippen LogP contribution is 2.54. The second kappa shape index (κ2) is 5.95. The van der Waals surface area contributed by atoms with Gasteiger partial charge < -0.3 is 10.2 Å². The van der Waals surface area contributed by atoms with Gasteiger partial charge in [0.1, 0.15) is 0 Å². The van der Waals surface area contributed by atoms with E-state index in [1.54, 1.807) is 0 Å². The molecular formula is C21H22O2. The number of hydrogen-bond acceptors (Lipinski definition) is 2. The number of rotatable bonds is 3. The van der Waals surface area contributed by atoms with Crippen LogP contribution in [0.25, 0.3) is 5.57 Å². The molecule has 2 aromatic carbocycles. The van der Waals surface area contributed by atoms with Crippen LogP contribution in [-0.2, 0) is 0 Å². The normalized spacial score (nSPS) is 28.0. The molecule has 23 heavy (non-hydrogen) atoms. The predicted molar refractivity (Wildman–Crippen MR) is 91.6 cm³/mol. The number of benzene rings is 2. The molecular weight excluding hydrogens is 284 g/mol. The zero-order valence-electron chi connectivity index (χ0n) is 13.1. The Morgan fingerprint density at radius 1 is 0.913 bits per heavy atom. The third-order valence-corrected chi connectivity index (χ3v) is 5.47. The molecule has 2 aliphatic carbocycles. The van der Waals surface area contributed by atoms with E-state index in [1.807, 2.05) is 48.5 Å². The Hall–Kier alpha value is -1.90. The zero-order chi connectivity index (χ0) is 15.8. The molecule has 0 aliphatic heterocycles. The van der Waals surface area contributed by atoms with Gasteiger partial charge in [-0.25, -0.2) is 0 Å². The smallest absolute Gasteiger partial charge is 0.0857 e. The molecule has 0 spiro atoms. The maximum absolute atomic E-state index is 11.0. The lowest BCUT2D eigenvalue weighted by Gasteiger charge is -2.28. The summed E-state index contributed by atoms with van der Waals surface area (Å²) in [6, 6.07) is 19.9. The molecule has 1 fully saturated rings. The van der Waals surface area contributed by atoms with Crippen molar-refractivity contribution < 1.29 is 10.2 Å². The van der Waals surface area contributed by atoms with Crippen molar-refractivity contribution >= 4 is 5.57 Å². The standard InChI is InChI=1S/C21H22O2/c22-20(15-10-5-2-6-11-15)19-17-13-7-12-16(17)18(21(19)23)14-8-3-1-4-9-14/h1-6,8-11,17,19-23H,7,12-13H2/t17-,19-,20-,21-/m0/s1. The molecule has 4 atom stereocenters. The molecule has 0 saturated heterocycles. The van der Waals surface area contributed by atoms with Crippen LogP contribution in [-0.4, -0.2) is 16.3 Å². The van der Waals surface area contributed by atoms with E-state index in [-0.39, 0.29) is 5.92 Å². The molecule has 0 aromatic heterocycles. The number of hydrogen-bond donors (Lipinski definition) is 2. The van der Waals surface area contributed by atoms with Crippen LogP contribution in [0.2, 0.25) is 0 Å². The minimum atomic E-state index is -0.620. The van der Waals surface area contributed by atoms with E-state index in [4.69, 9.17) is 0 Å². The summed E-state index contributed by atoms with van der Waals surface area (Å²) in [5, 5.41) is 21.9. The molecule has 0 unspecified atom stereocenters. The number of fused-ring (bicyclic) bond motifs is 1. The van der Waals surface area contributed by atoms with Gasteiger partial charge in [0.2, 0.25) is 0 Å². The van der Waals surface area contributed by atoms with Crippen LogP contribution >= 0.6 is 0 Å². The van der Waals surface area contributed by atoms with Gasteiger partial charge in [-0.05, 0) is 41.9 Å². The van der Waals surface area contributed by atoms with E-state index in [0.29, 0.717) is 5.92 Å². The summed E-state index contributed by atoms with van der Waals surface area (Å²) in [5.74, 6) is 0.167. The van der Waals surface area contributed by atoms with Gasteiger partial charge in [-0.1, -0.05) is 66.2 Å². The van der Waals surface area contributed by atoms with Crippen molar-refractivity contribution in [3.05, 3.63) is 77.4 Å². The maximum Gasteiger partial charge on any atom is 0.0857 e. The van der Waals surface area contributed by atoms with E-state index < -0.39 is 12.2 Å². The fraction of sp³-hybridized carbons (Fsp3) is 0.333. The van der Waals surface area contributed by atoms with Crippen LogP contribution < -0.4 is 0 Å². The molecule has 2 aliphatic rings. The van der Waals surface area contributed by atoms with Crippen molar-refractivity contribution in [2.75, 3.05) is 0 Å². The van der Waals surface area contributed by atoms with Gasteiger partial charge in [0.15, 0.2) is 0 Å². The molecule has 0 bridgehead atoms. The Bertz CT molecular complexity index is 705. The summed E-state index contributed by atoms with van der Waals surface area (Å²) in [5.41, 5.74) is 4.43. The third-order valence-electron chi connectivity index (χ3n) is 5.47. The van der Waals surface area contributed by atoms with E-state index in [2.05, 4.69) is 12.1 Å². The van der Waals surface area contributed by atoms with Crippen molar-refractivity contribution in [3.63, 3.8) is 0 Å². The highest BCUT2D eigenvalue weighted by atomic mass is 16.3. The van der Waals surface area contributed by atoms with Crippen molar-refractivity contribution in [1.29, 1.82) is 0 Å². The van der Waals surface area contributed by atoms with E-state index in [0.717, 1.165) is 36.0 Å². The van der Waals surface area contributed by atoms with Gasteiger partial charge in [-0.3, -0.25) is 0 Å². The number of aliphatic hydroxyl groups is 2. The average molecular weight is 306 g/mol. The Labute approximate surface area is 137 Å². The first-order valence-electron chi connectivity index (χ1n) is 8.47. The van der Waals surface area contributed by atoms with Crippen LogP contribution in [0.5, 0.6) is 0 Å². The molecule has 1 saturated carbocycles. The Morgan fingerprint density at radius 2 is 1.57 bits per heavy atom. The summed E-state index contributed by atoms with van der Waals surface area (Å²) >= 11 is 0. The summed E-state index contributed by atoms with van der Waals surface area (Å²) in [7, 11) is 0. The SMILES string of the molecule is O[C@H]1C(c2ccccc2)=C2CCC[C@@H]2[C@H]1[C@@H](O)c1ccccc1. The van der Waals surface area contributed by atoms with Crippen LogP contribution in [0.15, 0.2) is 66.2 Å². The first-order valence-corrected chi connectivity index (χ1v) is 8.47. The monoisotopic (exact) mass is 306 g/mol. The summed E-state index contributed by atoms with van der Waals surface area (Å²) in [4.78, 5) is 0. The quantitative estimate of drug-likeness (QED) is 0.901. The van der Waals surface area contributed by atoms with Gasteiger partial charge in [0.25, 0.3) is 0 Å². The highest BCUT2D eigenvalue weighted by Gasteiger charge is 2.47. The lowest BCUT2D eigenvalue weighted by molar-refractivity contribution is 0.0236. The van der Waals surface area contributed by atoms with E-state index in [1.165, 1.54) is 5.57 Å².